The highest BCUT2D eigenvalue weighted by molar-refractivity contribution is 5.98. The van der Waals surface area contributed by atoms with Crippen molar-refractivity contribution in [3.05, 3.63) is 64.0 Å². The number of aromatic nitrogens is 1. The summed E-state index contributed by atoms with van der Waals surface area (Å²) in [6.07, 6.45) is 3.15. The molecule has 0 atom stereocenters. The number of hydrogen-bond acceptors (Lipinski definition) is 5. The molecule has 0 unspecified atom stereocenters. The Bertz CT molecular complexity index is 986. The van der Waals surface area contributed by atoms with Crippen LogP contribution >= 0.6 is 0 Å². The number of esters is 2. The largest absolute Gasteiger partial charge is 0.465 e. The van der Waals surface area contributed by atoms with Gasteiger partial charge in [-0.1, -0.05) is 12.1 Å². The van der Waals surface area contributed by atoms with E-state index in [4.69, 9.17) is 9.47 Å². The molecule has 1 heterocycles. The summed E-state index contributed by atoms with van der Waals surface area (Å²) in [5.41, 5.74) is 4.26. The van der Waals surface area contributed by atoms with Gasteiger partial charge in [0, 0.05) is 43.2 Å². The fourth-order valence-corrected chi connectivity index (χ4v) is 3.54. The first kappa shape index (κ1) is 23.9. The predicted molar refractivity (Wildman–Crippen MR) is 119 cm³/mol. The van der Waals surface area contributed by atoms with E-state index < -0.39 is 5.97 Å². The second-order valence-corrected chi connectivity index (χ2v) is 7.14. The summed E-state index contributed by atoms with van der Waals surface area (Å²) in [6, 6.07) is 6.90. The van der Waals surface area contributed by atoms with Gasteiger partial charge in [-0.15, -0.1) is 0 Å². The molecule has 2 rings (SSSR count). The SMILES string of the molecule is CCOC(=O)c1c(/C=C/C(=O)N(C)Cc2ccc(C(=O)OC)cc2)c(C)n(CC)c1C. The van der Waals surface area contributed by atoms with Crippen LogP contribution in [0.3, 0.4) is 0 Å². The van der Waals surface area contributed by atoms with Gasteiger partial charge in [0.25, 0.3) is 0 Å². The zero-order chi connectivity index (χ0) is 23.1. The number of carbonyl (C=O) groups is 3. The molecule has 0 radical (unpaired) electrons. The van der Waals surface area contributed by atoms with E-state index in [0.717, 1.165) is 17.0 Å². The summed E-state index contributed by atoms with van der Waals surface area (Å²) in [6.45, 7) is 8.96. The second-order valence-electron chi connectivity index (χ2n) is 7.14. The number of ether oxygens (including phenoxy) is 2. The summed E-state index contributed by atoms with van der Waals surface area (Å²) >= 11 is 0. The van der Waals surface area contributed by atoms with Crippen molar-refractivity contribution < 1.29 is 23.9 Å². The van der Waals surface area contributed by atoms with Crippen molar-refractivity contribution in [3.63, 3.8) is 0 Å². The number of likely N-dealkylation sites (N-methyl/N-ethyl adjacent to an activating group) is 1. The number of benzene rings is 1. The van der Waals surface area contributed by atoms with Crippen LogP contribution < -0.4 is 0 Å². The summed E-state index contributed by atoms with van der Waals surface area (Å²) in [7, 11) is 3.03. The quantitative estimate of drug-likeness (QED) is 0.474. The van der Waals surface area contributed by atoms with Crippen LogP contribution in [0.15, 0.2) is 30.3 Å². The molecule has 7 heteroatoms. The summed E-state index contributed by atoms with van der Waals surface area (Å²) < 4.78 is 11.9. The smallest absolute Gasteiger partial charge is 0.340 e. The maximum atomic E-state index is 12.7. The molecule has 7 nitrogen and oxygen atoms in total. The van der Waals surface area contributed by atoms with Crippen LogP contribution in [0.2, 0.25) is 0 Å². The standard InChI is InChI=1S/C24H30N2O5/c1-7-26-16(3)20(22(17(26)4)24(29)31-8-2)13-14-21(27)25(5)15-18-9-11-19(12-10-18)23(28)30-6/h9-14H,7-8,15H2,1-6H3/b14-13+. The summed E-state index contributed by atoms with van der Waals surface area (Å²) in [5, 5.41) is 0. The van der Waals surface area contributed by atoms with Gasteiger partial charge in [0.2, 0.25) is 5.91 Å². The number of rotatable bonds is 8. The van der Waals surface area contributed by atoms with E-state index in [1.165, 1.54) is 13.2 Å². The first-order valence-electron chi connectivity index (χ1n) is 10.2. The van der Waals surface area contributed by atoms with Crippen LogP contribution in [0.4, 0.5) is 0 Å². The molecule has 0 aliphatic rings. The van der Waals surface area contributed by atoms with Gasteiger partial charge in [0.05, 0.1) is 24.8 Å². The molecule has 1 aromatic carbocycles. The fourth-order valence-electron chi connectivity index (χ4n) is 3.54. The van der Waals surface area contributed by atoms with Gasteiger partial charge < -0.3 is 18.9 Å². The number of carbonyl (C=O) groups excluding carboxylic acids is 3. The number of methoxy groups -OCH3 is 1. The predicted octanol–water partition coefficient (Wildman–Crippen LogP) is 3.76. The summed E-state index contributed by atoms with van der Waals surface area (Å²) in [5.74, 6) is -0.990. The zero-order valence-corrected chi connectivity index (χ0v) is 19.0. The second kappa shape index (κ2) is 10.6. The molecule has 2 aromatic rings. The third kappa shape index (κ3) is 5.42. The van der Waals surface area contributed by atoms with Crippen LogP contribution in [0.25, 0.3) is 6.08 Å². The maximum absolute atomic E-state index is 12.7. The zero-order valence-electron chi connectivity index (χ0n) is 19.0. The van der Waals surface area contributed by atoms with Gasteiger partial charge in [0.1, 0.15) is 0 Å². The van der Waals surface area contributed by atoms with Crippen LogP contribution in [-0.4, -0.2) is 48.1 Å². The molecule has 31 heavy (non-hydrogen) atoms. The normalized spacial score (nSPS) is 10.9. The number of hydrogen-bond donors (Lipinski definition) is 0. The van der Waals surface area contributed by atoms with E-state index in [2.05, 4.69) is 0 Å². The van der Waals surface area contributed by atoms with Gasteiger partial charge in [-0.2, -0.15) is 0 Å². The molecule has 166 valence electrons. The minimum Gasteiger partial charge on any atom is -0.465 e. The lowest BCUT2D eigenvalue weighted by atomic mass is 10.1. The highest BCUT2D eigenvalue weighted by Crippen LogP contribution is 2.25. The first-order valence-corrected chi connectivity index (χ1v) is 10.2. The Morgan fingerprint density at radius 1 is 1.03 bits per heavy atom. The van der Waals surface area contributed by atoms with E-state index in [9.17, 15) is 14.4 Å². The lowest BCUT2D eigenvalue weighted by molar-refractivity contribution is -0.125. The topological polar surface area (TPSA) is 77.8 Å². The lowest BCUT2D eigenvalue weighted by Gasteiger charge is -2.15. The highest BCUT2D eigenvalue weighted by Gasteiger charge is 2.22. The third-order valence-corrected chi connectivity index (χ3v) is 5.19. The molecule has 0 fully saturated rings. The minimum absolute atomic E-state index is 0.201. The van der Waals surface area contributed by atoms with Crippen LogP contribution in [0.5, 0.6) is 0 Å². The molecule has 0 spiro atoms. The van der Waals surface area contributed by atoms with Crippen molar-refractivity contribution in [1.82, 2.24) is 9.47 Å². The van der Waals surface area contributed by atoms with Crippen molar-refractivity contribution in [2.45, 2.75) is 40.8 Å². The molecule has 0 saturated heterocycles. The van der Waals surface area contributed by atoms with Crippen LogP contribution in [0.1, 0.15) is 57.1 Å². The Balaban J connectivity index is 2.20. The highest BCUT2D eigenvalue weighted by atomic mass is 16.5. The third-order valence-electron chi connectivity index (χ3n) is 5.19. The monoisotopic (exact) mass is 426 g/mol. The Morgan fingerprint density at radius 3 is 2.23 bits per heavy atom. The van der Waals surface area contributed by atoms with Crippen molar-refractivity contribution >= 4 is 23.9 Å². The van der Waals surface area contributed by atoms with Crippen molar-refractivity contribution in [2.75, 3.05) is 20.8 Å². The Hall–Kier alpha value is -3.35. The van der Waals surface area contributed by atoms with E-state index in [1.54, 1.807) is 49.2 Å². The molecule has 0 bridgehead atoms. The molecule has 1 aromatic heterocycles. The van der Waals surface area contributed by atoms with E-state index in [-0.39, 0.29) is 18.5 Å². The van der Waals surface area contributed by atoms with Gasteiger partial charge in [-0.3, -0.25) is 4.79 Å². The Kier molecular flexibility index (Phi) is 8.19. The number of nitrogens with zero attached hydrogens (tertiary/aromatic N) is 2. The average molecular weight is 427 g/mol. The Labute approximate surface area is 183 Å². The van der Waals surface area contributed by atoms with Gasteiger partial charge in [-0.05, 0) is 51.5 Å². The van der Waals surface area contributed by atoms with Crippen LogP contribution in [0, 0.1) is 13.8 Å². The average Bonchev–Trinajstić information content (AvgIpc) is 3.00. The van der Waals surface area contributed by atoms with Crippen molar-refractivity contribution in [1.29, 1.82) is 0 Å². The van der Waals surface area contributed by atoms with Gasteiger partial charge in [0.15, 0.2) is 0 Å². The molecule has 0 N–H and O–H groups in total. The van der Waals surface area contributed by atoms with Crippen LogP contribution in [-0.2, 0) is 27.4 Å². The lowest BCUT2D eigenvalue weighted by Crippen LogP contribution is -2.24. The molecule has 0 saturated carbocycles. The fraction of sp³-hybridized carbons (Fsp3) is 0.375. The first-order chi connectivity index (χ1) is 14.7. The van der Waals surface area contributed by atoms with E-state index in [0.29, 0.717) is 29.8 Å². The molecule has 0 aliphatic carbocycles. The summed E-state index contributed by atoms with van der Waals surface area (Å²) in [4.78, 5) is 38.2. The van der Waals surface area contributed by atoms with Gasteiger partial charge >= 0.3 is 11.9 Å². The molecular formula is C24H30N2O5. The maximum Gasteiger partial charge on any atom is 0.340 e. The Morgan fingerprint density at radius 2 is 1.68 bits per heavy atom. The van der Waals surface area contributed by atoms with Crippen molar-refractivity contribution in [3.8, 4) is 0 Å². The number of amides is 1. The van der Waals surface area contributed by atoms with Crippen molar-refractivity contribution in [2.24, 2.45) is 0 Å². The van der Waals surface area contributed by atoms with Gasteiger partial charge in [-0.25, -0.2) is 9.59 Å². The minimum atomic E-state index is -0.402. The van der Waals surface area contributed by atoms with E-state index >= 15 is 0 Å². The molecular weight excluding hydrogens is 396 g/mol. The van der Waals surface area contributed by atoms with E-state index in [1.807, 2.05) is 25.3 Å². The molecule has 1 amide bonds. The molecule has 0 aliphatic heterocycles.